The van der Waals surface area contributed by atoms with E-state index in [0.717, 1.165) is 26.2 Å². The van der Waals surface area contributed by atoms with Crippen molar-refractivity contribution >= 4 is 6.03 Å². The second kappa shape index (κ2) is 4.41. The highest BCUT2D eigenvalue weighted by Crippen LogP contribution is 2.51. The molecule has 4 heteroatoms. The average molecular weight is 251 g/mol. The highest BCUT2D eigenvalue weighted by Gasteiger charge is 2.47. The van der Waals surface area contributed by atoms with Crippen molar-refractivity contribution in [2.75, 3.05) is 26.2 Å². The summed E-state index contributed by atoms with van der Waals surface area (Å²) in [6.45, 7) is 5.96. The van der Waals surface area contributed by atoms with Crippen molar-refractivity contribution < 1.29 is 4.79 Å². The van der Waals surface area contributed by atoms with Gasteiger partial charge in [-0.05, 0) is 43.9 Å². The fourth-order valence-electron chi connectivity index (χ4n) is 3.73. The second-order valence-electron chi connectivity index (χ2n) is 6.76. The first-order valence-electron chi connectivity index (χ1n) is 7.39. The van der Waals surface area contributed by atoms with Gasteiger partial charge in [0, 0.05) is 31.7 Å². The molecule has 102 valence electrons. The number of rotatable bonds is 1. The molecule has 0 radical (unpaired) electrons. The number of nitrogens with zero attached hydrogens (tertiary/aromatic N) is 1. The summed E-state index contributed by atoms with van der Waals surface area (Å²) in [5, 5.41) is 6.65. The standard InChI is InChI=1S/C14H25N3O/c1-13-2-5-14(6-3-13,7-4-13)16-12(18)17-10-8-15-9-11-17/h15H,2-11H2,1H3,(H,16,18). The van der Waals surface area contributed by atoms with Crippen LogP contribution in [0.15, 0.2) is 0 Å². The van der Waals surface area contributed by atoms with E-state index >= 15 is 0 Å². The molecular weight excluding hydrogens is 226 g/mol. The molecule has 4 fully saturated rings. The Labute approximate surface area is 109 Å². The fourth-order valence-corrected chi connectivity index (χ4v) is 3.73. The maximum atomic E-state index is 12.3. The minimum absolute atomic E-state index is 0.125. The molecule has 4 rings (SSSR count). The highest BCUT2D eigenvalue weighted by atomic mass is 16.2. The van der Waals surface area contributed by atoms with Crippen molar-refractivity contribution in [3.05, 3.63) is 0 Å². The molecule has 18 heavy (non-hydrogen) atoms. The van der Waals surface area contributed by atoms with Gasteiger partial charge in [-0.25, -0.2) is 4.79 Å². The van der Waals surface area contributed by atoms with Gasteiger partial charge in [0.1, 0.15) is 0 Å². The molecule has 4 nitrogen and oxygen atoms in total. The zero-order valence-corrected chi connectivity index (χ0v) is 11.4. The summed E-state index contributed by atoms with van der Waals surface area (Å²) in [5.74, 6) is 0. The average Bonchev–Trinajstić information content (AvgIpc) is 2.42. The summed E-state index contributed by atoms with van der Waals surface area (Å²) < 4.78 is 0. The Kier molecular flexibility index (Phi) is 3.00. The number of hydrogen-bond acceptors (Lipinski definition) is 2. The molecule has 4 aliphatic rings. The van der Waals surface area contributed by atoms with Crippen molar-refractivity contribution in [2.24, 2.45) is 5.41 Å². The monoisotopic (exact) mass is 251 g/mol. The van der Waals surface area contributed by atoms with E-state index in [1.807, 2.05) is 4.90 Å². The number of fused-ring (bicyclic) bond motifs is 3. The van der Waals surface area contributed by atoms with Crippen LogP contribution in [0, 0.1) is 5.41 Å². The van der Waals surface area contributed by atoms with Gasteiger partial charge in [0.05, 0.1) is 0 Å². The topological polar surface area (TPSA) is 44.4 Å². The van der Waals surface area contributed by atoms with E-state index in [-0.39, 0.29) is 11.6 Å². The van der Waals surface area contributed by atoms with Crippen LogP contribution in [0.3, 0.4) is 0 Å². The molecule has 0 atom stereocenters. The third kappa shape index (κ3) is 2.22. The van der Waals surface area contributed by atoms with Crippen LogP contribution in [-0.4, -0.2) is 42.6 Å². The summed E-state index contributed by atoms with van der Waals surface area (Å²) in [6.07, 6.45) is 7.41. The van der Waals surface area contributed by atoms with E-state index in [0.29, 0.717) is 5.41 Å². The van der Waals surface area contributed by atoms with Gasteiger partial charge in [-0.2, -0.15) is 0 Å². The molecule has 3 saturated carbocycles. The number of hydrogen-bond donors (Lipinski definition) is 2. The predicted octanol–water partition coefficient (Wildman–Crippen LogP) is 1.71. The lowest BCUT2D eigenvalue weighted by atomic mass is 9.58. The van der Waals surface area contributed by atoms with Gasteiger partial charge in [0.15, 0.2) is 0 Å². The smallest absolute Gasteiger partial charge is 0.317 e. The van der Waals surface area contributed by atoms with Gasteiger partial charge in [-0.1, -0.05) is 6.92 Å². The molecule has 1 aliphatic heterocycles. The Balaban J connectivity index is 1.60. The van der Waals surface area contributed by atoms with E-state index in [9.17, 15) is 4.79 Å². The minimum atomic E-state index is 0.125. The van der Waals surface area contributed by atoms with Gasteiger partial charge in [0.25, 0.3) is 0 Å². The SMILES string of the molecule is CC12CCC(NC(=O)N3CCNCC3)(CC1)CC2. The third-order valence-electron chi connectivity index (χ3n) is 5.40. The first-order valence-corrected chi connectivity index (χ1v) is 7.39. The van der Waals surface area contributed by atoms with Crippen LogP contribution in [0.2, 0.25) is 0 Å². The van der Waals surface area contributed by atoms with E-state index in [4.69, 9.17) is 0 Å². The maximum absolute atomic E-state index is 12.3. The van der Waals surface area contributed by atoms with Crippen LogP contribution in [0.1, 0.15) is 45.4 Å². The first-order chi connectivity index (χ1) is 8.61. The Morgan fingerprint density at radius 2 is 1.61 bits per heavy atom. The summed E-state index contributed by atoms with van der Waals surface area (Å²) in [5.41, 5.74) is 0.696. The van der Waals surface area contributed by atoms with Gasteiger partial charge in [-0.15, -0.1) is 0 Å². The van der Waals surface area contributed by atoms with Crippen LogP contribution in [-0.2, 0) is 0 Å². The number of nitrogens with one attached hydrogen (secondary N) is 2. The number of carbonyl (C=O) groups is 1. The van der Waals surface area contributed by atoms with Crippen molar-refractivity contribution in [1.29, 1.82) is 0 Å². The van der Waals surface area contributed by atoms with Crippen LogP contribution in [0.5, 0.6) is 0 Å². The summed E-state index contributed by atoms with van der Waals surface area (Å²) >= 11 is 0. The molecule has 2 N–H and O–H groups in total. The fraction of sp³-hybridized carbons (Fsp3) is 0.929. The molecule has 2 bridgehead atoms. The molecule has 0 aromatic rings. The van der Waals surface area contributed by atoms with Gasteiger partial charge in [0.2, 0.25) is 0 Å². The molecule has 0 spiro atoms. The van der Waals surface area contributed by atoms with Gasteiger partial charge < -0.3 is 15.5 Å². The normalized spacial score (nSPS) is 39.7. The number of carbonyl (C=O) groups excluding carboxylic acids is 1. The lowest BCUT2D eigenvalue weighted by molar-refractivity contribution is 0.0392. The Morgan fingerprint density at radius 3 is 2.17 bits per heavy atom. The van der Waals surface area contributed by atoms with E-state index < -0.39 is 0 Å². The largest absolute Gasteiger partial charge is 0.333 e. The van der Waals surface area contributed by atoms with Crippen LogP contribution in [0.4, 0.5) is 4.79 Å². The molecule has 1 heterocycles. The predicted molar refractivity (Wildman–Crippen MR) is 71.5 cm³/mol. The quantitative estimate of drug-likeness (QED) is 0.745. The molecule has 0 aromatic heterocycles. The lowest BCUT2D eigenvalue weighted by Crippen LogP contribution is -2.60. The van der Waals surface area contributed by atoms with E-state index in [1.165, 1.54) is 38.5 Å². The molecule has 0 unspecified atom stereocenters. The van der Waals surface area contributed by atoms with Crippen molar-refractivity contribution in [1.82, 2.24) is 15.5 Å². The number of amides is 2. The molecule has 2 amide bonds. The Morgan fingerprint density at radius 1 is 1.06 bits per heavy atom. The van der Waals surface area contributed by atoms with E-state index in [1.54, 1.807) is 0 Å². The van der Waals surface area contributed by atoms with Crippen LogP contribution in [0.25, 0.3) is 0 Å². The summed E-state index contributed by atoms with van der Waals surface area (Å²) in [4.78, 5) is 14.3. The highest BCUT2D eigenvalue weighted by molar-refractivity contribution is 5.75. The van der Waals surface area contributed by atoms with Crippen molar-refractivity contribution in [3.8, 4) is 0 Å². The molecule has 0 aromatic carbocycles. The second-order valence-corrected chi connectivity index (χ2v) is 6.76. The van der Waals surface area contributed by atoms with Crippen LogP contribution < -0.4 is 10.6 Å². The molecular formula is C14H25N3O. The summed E-state index contributed by atoms with van der Waals surface area (Å²) in [7, 11) is 0. The third-order valence-corrected chi connectivity index (χ3v) is 5.40. The maximum Gasteiger partial charge on any atom is 0.317 e. The lowest BCUT2D eigenvalue weighted by Gasteiger charge is -2.52. The molecule has 1 saturated heterocycles. The number of piperazine rings is 1. The Bertz CT molecular complexity index is 311. The zero-order valence-electron chi connectivity index (χ0n) is 11.4. The van der Waals surface area contributed by atoms with Gasteiger partial charge in [-0.3, -0.25) is 0 Å². The van der Waals surface area contributed by atoms with Gasteiger partial charge >= 0.3 is 6.03 Å². The van der Waals surface area contributed by atoms with E-state index in [2.05, 4.69) is 17.6 Å². The van der Waals surface area contributed by atoms with Crippen LogP contribution >= 0.6 is 0 Å². The first kappa shape index (κ1) is 12.3. The van der Waals surface area contributed by atoms with Crippen molar-refractivity contribution in [2.45, 2.75) is 51.0 Å². The van der Waals surface area contributed by atoms with Crippen molar-refractivity contribution in [3.63, 3.8) is 0 Å². The number of urea groups is 1. The summed E-state index contributed by atoms with van der Waals surface area (Å²) in [6, 6.07) is 0.169. The molecule has 3 aliphatic carbocycles. The zero-order chi connectivity index (χ0) is 12.6. The minimum Gasteiger partial charge on any atom is -0.333 e. The Hall–Kier alpha value is -0.770.